The fourth-order valence-electron chi connectivity index (χ4n) is 2.20. The van der Waals surface area contributed by atoms with Crippen LogP contribution in [0.25, 0.3) is 6.08 Å². The Balaban J connectivity index is 1.42. The van der Waals surface area contributed by atoms with E-state index in [0.717, 1.165) is 11.1 Å². The Bertz CT molecular complexity index is 679. The zero-order valence-electron chi connectivity index (χ0n) is 12.6. The molecule has 0 aliphatic carbocycles. The number of aromatic nitrogens is 2. The second-order valence-electron chi connectivity index (χ2n) is 5.38. The van der Waals surface area contributed by atoms with Crippen LogP contribution in [0.3, 0.4) is 0 Å². The first kappa shape index (κ1) is 15.2. The molecule has 6 heteroatoms. The van der Waals surface area contributed by atoms with Gasteiger partial charge in [0.1, 0.15) is 5.82 Å². The lowest BCUT2D eigenvalue weighted by atomic mass is 10.1. The van der Waals surface area contributed by atoms with E-state index in [1.165, 1.54) is 0 Å². The van der Waals surface area contributed by atoms with Gasteiger partial charge in [0, 0.05) is 37.8 Å². The summed E-state index contributed by atoms with van der Waals surface area (Å²) in [4.78, 5) is 21.7. The van der Waals surface area contributed by atoms with Crippen molar-refractivity contribution >= 4 is 17.8 Å². The van der Waals surface area contributed by atoms with Gasteiger partial charge in [-0.15, -0.1) is 0 Å². The van der Waals surface area contributed by atoms with Gasteiger partial charge in [-0.3, -0.25) is 9.78 Å². The van der Waals surface area contributed by atoms with Crippen LogP contribution in [0.4, 0.5) is 5.82 Å². The van der Waals surface area contributed by atoms with Crippen LogP contribution in [0.5, 0.6) is 0 Å². The number of anilines is 1. The molecule has 2 aromatic heterocycles. The van der Waals surface area contributed by atoms with Crippen molar-refractivity contribution in [3.8, 4) is 0 Å². The van der Waals surface area contributed by atoms with E-state index in [0.29, 0.717) is 25.5 Å². The highest BCUT2D eigenvalue weighted by atomic mass is 16.5. The molecule has 1 fully saturated rings. The molecule has 0 bridgehead atoms. The number of amides is 1. The number of hydrogen-bond acceptors (Lipinski definition) is 5. The smallest absolute Gasteiger partial charge is 0.246 e. The molecule has 0 radical (unpaired) electrons. The Morgan fingerprint density at radius 1 is 1.30 bits per heavy atom. The summed E-state index contributed by atoms with van der Waals surface area (Å²) in [6, 6.07) is 7.37. The zero-order chi connectivity index (χ0) is 16.1. The maximum Gasteiger partial charge on any atom is 0.246 e. The van der Waals surface area contributed by atoms with Crippen LogP contribution in [-0.4, -0.2) is 40.0 Å². The third-order valence-corrected chi connectivity index (χ3v) is 3.62. The Morgan fingerprint density at radius 2 is 2.09 bits per heavy atom. The van der Waals surface area contributed by atoms with Crippen LogP contribution >= 0.6 is 0 Å². The highest BCUT2D eigenvalue weighted by Crippen LogP contribution is 2.15. The first-order valence-electron chi connectivity index (χ1n) is 7.40. The predicted molar refractivity (Wildman–Crippen MR) is 87.1 cm³/mol. The summed E-state index contributed by atoms with van der Waals surface area (Å²) < 4.78 is 5.75. The largest absolute Gasteiger partial charge is 0.384 e. The second-order valence-corrected chi connectivity index (χ2v) is 5.38. The average molecular weight is 310 g/mol. The van der Waals surface area contributed by atoms with Gasteiger partial charge in [0.25, 0.3) is 0 Å². The summed E-state index contributed by atoms with van der Waals surface area (Å²) >= 11 is 0. The molecule has 1 saturated heterocycles. The number of carbonyl (C=O) groups excluding carboxylic acids is 1. The molecule has 3 heterocycles. The molecule has 0 saturated carbocycles. The highest BCUT2D eigenvalue weighted by Gasteiger charge is 2.29. The summed E-state index contributed by atoms with van der Waals surface area (Å²) in [6.07, 6.45) is 8.50. The molecule has 3 rings (SSSR count). The van der Waals surface area contributed by atoms with Gasteiger partial charge in [0.15, 0.2) is 0 Å². The van der Waals surface area contributed by atoms with Crippen LogP contribution < -0.4 is 5.73 Å². The summed E-state index contributed by atoms with van der Waals surface area (Å²) in [5.41, 5.74) is 7.45. The molecule has 0 aromatic carbocycles. The Morgan fingerprint density at radius 3 is 2.78 bits per heavy atom. The van der Waals surface area contributed by atoms with Crippen molar-refractivity contribution in [2.45, 2.75) is 12.7 Å². The quantitative estimate of drug-likeness (QED) is 0.846. The van der Waals surface area contributed by atoms with Crippen molar-refractivity contribution in [3.63, 3.8) is 0 Å². The number of nitrogens with two attached hydrogens (primary N) is 1. The molecule has 1 aliphatic heterocycles. The van der Waals surface area contributed by atoms with Gasteiger partial charge in [-0.25, -0.2) is 4.98 Å². The van der Waals surface area contributed by atoms with E-state index in [9.17, 15) is 4.79 Å². The fourth-order valence-corrected chi connectivity index (χ4v) is 2.20. The van der Waals surface area contributed by atoms with Gasteiger partial charge >= 0.3 is 0 Å². The summed E-state index contributed by atoms with van der Waals surface area (Å²) in [6.45, 7) is 1.78. The molecule has 2 N–H and O–H groups in total. The van der Waals surface area contributed by atoms with E-state index >= 15 is 0 Å². The maximum atomic E-state index is 12.0. The number of nitrogens with zero attached hydrogens (tertiary/aromatic N) is 3. The summed E-state index contributed by atoms with van der Waals surface area (Å²) in [5.74, 6) is 0.441. The Kier molecular flexibility index (Phi) is 4.63. The van der Waals surface area contributed by atoms with Gasteiger partial charge in [0.05, 0.1) is 12.7 Å². The minimum atomic E-state index is -0.0226. The third-order valence-electron chi connectivity index (χ3n) is 3.62. The van der Waals surface area contributed by atoms with E-state index < -0.39 is 0 Å². The van der Waals surface area contributed by atoms with Crippen LogP contribution in [0.2, 0.25) is 0 Å². The highest BCUT2D eigenvalue weighted by molar-refractivity contribution is 5.92. The zero-order valence-corrected chi connectivity index (χ0v) is 12.6. The molecule has 0 spiro atoms. The second kappa shape index (κ2) is 7.02. The summed E-state index contributed by atoms with van der Waals surface area (Å²) in [7, 11) is 0. The minimum Gasteiger partial charge on any atom is -0.384 e. The molecule has 2 aromatic rings. The first-order valence-corrected chi connectivity index (χ1v) is 7.40. The minimum absolute atomic E-state index is 0.0226. The topological polar surface area (TPSA) is 81.3 Å². The number of likely N-dealkylation sites (tertiary alicyclic amines) is 1. The third kappa shape index (κ3) is 4.14. The fraction of sp³-hybridized carbons (Fsp3) is 0.235. The van der Waals surface area contributed by atoms with Gasteiger partial charge in [-0.1, -0.05) is 0 Å². The van der Waals surface area contributed by atoms with E-state index in [2.05, 4.69) is 9.97 Å². The number of pyridine rings is 2. The molecule has 1 aliphatic rings. The Labute approximate surface area is 134 Å². The molecular formula is C17H18N4O2. The van der Waals surface area contributed by atoms with E-state index in [-0.39, 0.29) is 12.0 Å². The van der Waals surface area contributed by atoms with E-state index in [1.807, 2.05) is 18.2 Å². The lowest BCUT2D eigenvalue weighted by Gasteiger charge is -2.38. The van der Waals surface area contributed by atoms with Crippen molar-refractivity contribution in [2.75, 3.05) is 18.8 Å². The Hall–Kier alpha value is -2.73. The SMILES string of the molecule is Nc1ccc(C=CC(=O)N2CC(OCc3ccncc3)C2)cn1. The van der Waals surface area contributed by atoms with Crippen molar-refractivity contribution < 1.29 is 9.53 Å². The number of nitrogen functional groups attached to an aromatic ring is 1. The van der Waals surface area contributed by atoms with Gasteiger partial charge < -0.3 is 15.4 Å². The molecule has 23 heavy (non-hydrogen) atoms. The van der Waals surface area contributed by atoms with Crippen LogP contribution in [-0.2, 0) is 16.1 Å². The van der Waals surface area contributed by atoms with Crippen LogP contribution in [0.1, 0.15) is 11.1 Å². The van der Waals surface area contributed by atoms with Crippen molar-refractivity contribution in [1.29, 1.82) is 0 Å². The molecule has 6 nitrogen and oxygen atoms in total. The van der Waals surface area contributed by atoms with E-state index in [1.54, 1.807) is 41.7 Å². The lowest BCUT2D eigenvalue weighted by molar-refractivity contribution is -0.140. The number of rotatable bonds is 5. The average Bonchev–Trinajstić information content (AvgIpc) is 2.54. The monoisotopic (exact) mass is 310 g/mol. The standard InChI is InChI=1S/C17H18N4O2/c18-16-3-1-13(9-20-16)2-4-17(22)21-10-15(11-21)23-12-14-5-7-19-8-6-14/h1-9,15H,10-12H2,(H2,18,20). The first-order chi connectivity index (χ1) is 11.2. The van der Waals surface area contributed by atoms with Gasteiger partial charge in [0.2, 0.25) is 5.91 Å². The normalized spacial score (nSPS) is 14.9. The van der Waals surface area contributed by atoms with Crippen LogP contribution in [0, 0.1) is 0 Å². The van der Waals surface area contributed by atoms with Crippen LogP contribution in [0.15, 0.2) is 48.9 Å². The predicted octanol–water partition coefficient (Wildman–Crippen LogP) is 1.50. The van der Waals surface area contributed by atoms with E-state index in [4.69, 9.17) is 10.5 Å². The van der Waals surface area contributed by atoms with Gasteiger partial charge in [-0.2, -0.15) is 0 Å². The van der Waals surface area contributed by atoms with Crippen molar-refractivity contribution in [1.82, 2.24) is 14.9 Å². The molecule has 0 atom stereocenters. The summed E-state index contributed by atoms with van der Waals surface area (Å²) in [5, 5.41) is 0. The maximum absolute atomic E-state index is 12.0. The number of ether oxygens (including phenoxy) is 1. The lowest BCUT2D eigenvalue weighted by Crippen LogP contribution is -2.54. The number of carbonyl (C=O) groups is 1. The van der Waals surface area contributed by atoms with Crippen molar-refractivity contribution in [3.05, 3.63) is 60.1 Å². The van der Waals surface area contributed by atoms with Gasteiger partial charge in [-0.05, 0) is 41.5 Å². The molecule has 1 amide bonds. The molecule has 118 valence electrons. The molecular weight excluding hydrogens is 292 g/mol. The van der Waals surface area contributed by atoms with Crippen molar-refractivity contribution in [2.24, 2.45) is 0 Å². The molecule has 0 unspecified atom stereocenters. The number of hydrogen-bond donors (Lipinski definition) is 1.